The quantitative estimate of drug-likeness (QED) is 0.651. The molecule has 23 heavy (non-hydrogen) atoms. The van der Waals surface area contributed by atoms with Gasteiger partial charge in [0.2, 0.25) is 5.91 Å². The van der Waals surface area contributed by atoms with E-state index in [0.717, 1.165) is 43.4 Å². The van der Waals surface area contributed by atoms with Gasteiger partial charge in [-0.15, -0.1) is 0 Å². The van der Waals surface area contributed by atoms with Crippen LogP contribution < -0.4 is 5.48 Å². The highest BCUT2D eigenvalue weighted by atomic mass is 16.5. The van der Waals surface area contributed by atoms with Gasteiger partial charge in [-0.1, -0.05) is 25.3 Å². The molecule has 2 amide bonds. The van der Waals surface area contributed by atoms with E-state index in [1.807, 2.05) is 17.0 Å². The van der Waals surface area contributed by atoms with Gasteiger partial charge < -0.3 is 4.90 Å². The van der Waals surface area contributed by atoms with Gasteiger partial charge in [-0.25, -0.2) is 5.48 Å². The highest BCUT2D eigenvalue weighted by Crippen LogP contribution is 2.28. The standard InChI is InChI=1S/C18H24N2O3/c21-17(19-23)15-8-9-16-12-20(10-4-7-14(16)11-15)18(22)13-5-2-1-3-6-13/h8-9,11,13,23H,1-7,10,12H2,(H,19,21). The van der Waals surface area contributed by atoms with Crippen LogP contribution in [0.1, 0.15) is 60.0 Å². The van der Waals surface area contributed by atoms with E-state index < -0.39 is 5.91 Å². The van der Waals surface area contributed by atoms with Gasteiger partial charge in [0.05, 0.1) is 0 Å². The summed E-state index contributed by atoms with van der Waals surface area (Å²) in [7, 11) is 0. The Morgan fingerprint density at radius 3 is 2.61 bits per heavy atom. The molecular formula is C18H24N2O3. The summed E-state index contributed by atoms with van der Waals surface area (Å²) in [6.07, 6.45) is 7.41. The molecule has 1 saturated carbocycles. The molecule has 0 aromatic heterocycles. The number of hydrogen-bond donors (Lipinski definition) is 2. The lowest BCUT2D eigenvalue weighted by molar-refractivity contribution is -0.137. The third-order valence-electron chi connectivity index (χ3n) is 5.07. The van der Waals surface area contributed by atoms with Crippen molar-refractivity contribution in [1.82, 2.24) is 10.4 Å². The van der Waals surface area contributed by atoms with E-state index >= 15 is 0 Å². The maximum absolute atomic E-state index is 12.8. The number of nitrogens with one attached hydrogen (secondary N) is 1. The molecule has 2 aliphatic rings. The van der Waals surface area contributed by atoms with Crippen molar-refractivity contribution in [3.63, 3.8) is 0 Å². The predicted octanol–water partition coefficient (Wildman–Crippen LogP) is 2.66. The van der Waals surface area contributed by atoms with Crippen LogP contribution in [0.15, 0.2) is 18.2 Å². The van der Waals surface area contributed by atoms with E-state index in [9.17, 15) is 9.59 Å². The highest BCUT2D eigenvalue weighted by molar-refractivity contribution is 5.93. The lowest BCUT2D eigenvalue weighted by Gasteiger charge is -2.28. The van der Waals surface area contributed by atoms with Crippen LogP contribution in [0.4, 0.5) is 0 Å². The third kappa shape index (κ3) is 3.55. The van der Waals surface area contributed by atoms with Gasteiger partial charge >= 0.3 is 0 Å². The molecular weight excluding hydrogens is 292 g/mol. The molecule has 1 heterocycles. The molecule has 1 aromatic carbocycles. The smallest absolute Gasteiger partial charge is 0.274 e. The number of carbonyl (C=O) groups excluding carboxylic acids is 2. The van der Waals surface area contributed by atoms with E-state index in [-0.39, 0.29) is 5.92 Å². The molecule has 0 saturated heterocycles. The minimum absolute atomic E-state index is 0.199. The molecule has 1 aliphatic heterocycles. The normalized spacial score (nSPS) is 18.9. The summed E-state index contributed by atoms with van der Waals surface area (Å²) < 4.78 is 0. The summed E-state index contributed by atoms with van der Waals surface area (Å²) in [6.45, 7) is 1.41. The third-order valence-corrected chi connectivity index (χ3v) is 5.07. The summed E-state index contributed by atoms with van der Waals surface area (Å²) in [5.41, 5.74) is 4.34. The number of rotatable bonds is 2. The van der Waals surface area contributed by atoms with Crippen molar-refractivity contribution >= 4 is 11.8 Å². The lowest BCUT2D eigenvalue weighted by Crippen LogP contribution is -2.36. The minimum Gasteiger partial charge on any atom is -0.338 e. The number of amides is 2. The second kappa shape index (κ2) is 7.13. The molecule has 0 radical (unpaired) electrons. The van der Waals surface area contributed by atoms with Crippen molar-refractivity contribution in [3.05, 3.63) is 34.9 Å². The van der Waals surface area contributed by atoms with Crippen LogP contribution in [0.3, 0.4) is 0 Å². The SMILES string of the molecule is O=C(NO)c1ccc2c(c1)CCCN(C(=O)C1CCCCC1)C2. The first-order chi connectivity index (χ1) is 11.2. The van der Waals surface area contributed by atoms with Crippen LogP contribution in [0.25, 0.3) is 0 Å². The minimum atomic E-state index is -0.493. The van der Waals surface area contributed by atoms with E-state index in [1.165, 1.54) is 19.3 Å². The number of hydrogen-bond acceptors (Lipinski definition) is 3. The fourth-order valence-electron chi connectivity index (χ4n) is 3.76. The van der Waals surface area contributed by atoms with E-state index in [2.05, 4.69) is 0 Å². The first kappa shape index (κ1) is 16.0. The van der Waals surface area contributed by atoms with Gasteiger partial charge in [-0.05, 0) is 48.9 Å². The summed E-state index contributed by atoms with van der Waals surface area (Å²) in [6, 6.07) is 5.45. The Kier molecular flexibility index (Phi) is 4.96. The van der Waals surface area contributed by atoms with Crippen molar-refractivity contribution in [1.29, 1.82) is 0 Å². The molecule has 3 rings (SSSR count). The monoisotopic (exact) mass is 316 g/mol. The molecule has 124 valence electrons. The van der Waals surface area contributed by atoms with Crippen LogP contribution in [0.5, 0.6) is 0 Å². The van der Waals surface area contributed by atoms with Crippen LogP contribution >= 0.6 is 0 Å². The van der Waals surface area contributed by atoms with Crippen molar-refractivity contribution in [2.24, 2.45) is 5.92 Å². The molecule has 5 nitrogen and oxygen atoms in total. The Bertz CT molecular complexity index is 594. The van der Waals surface area contributed by atoms with Crippen molar-refractivity contribution in [2.45, 2.75) is 51.5 Å². The largest absolute Gasteiger partial charge is 0.338 e. The van der Waals surface area contributed by atoms with Gasteiger partial charge in [-0.2, -0.15) is 0 Å². The fourth-order valence-corrected chi connectivity index (χ4v) is 3.76. The van der Waals surface area contributed by atoms with Gasteiger partial charge in [0, 0.05) is 24.6 Å². The number of hydroxylamine groups is 1. The summed E-state index contributed by atoms with van der Waals surface area (Å²) in [5.74, 6) is 0.00616. The fraction of sp³-hybridized carbons (Fsp3) is 0.556. The van der Waals surface area contributed by atoms with Crippen LogP contribution in [-0.4, -0.2) is 28.5 Å². The Balaban J connectivity index is 1.75. The topological polar surface area (TPSA) is 69.6 Å². The molecule has 0 unspecified atom stereocenters. The zero-order chi connectivity index (χ0) is 16.2. The average molecular weight is 316 g/mol. The highest BCUT2D eigenvalue weighted by Gasteiger charge is 2.27. The van der Waals surface area contributed by atoms with Gasteiger partial charge in [0.1, 0.15) is 0 Å². The number of benzene rings is 1. The van der Waals surface area contributed by atoms with Gasteiger partial charge in [0.25, 0.3) is 5.91 Å². The van der Waals surface area contributed by atoms with E-state index in [4.69, 9.17) is 5.21 Å². The lowest BCUT2D eigenvalue weighted by atomic mass is 9.88. The number of carbonyl (C=O) groups is 2. The number of aryl methyl sites for hydroxylation is 1. The van der Waals surface area contributed by atoms with Crippen LogP contribution in [0, 0.1) is 5.92 Å². The Hall–Kier alpha value is -1.88. The van der Waals surface area contributed by atoms with Crippen molar-refractivity contribution in [2.75, 3.05) is 6.54 Å². The summed E-state index contributed by atoms with van der Waals surface area (Å²) in [5, 5.41) is 8.75. The first-order valence-corrected chi connectivity index (χ1v) is 8.54. The Morgan fingerprint density at radius 1 is 1.09 bits per heavy atom. The van der Waals surface area contributed by atoms with Crippen LogP contribution in [-0.2, 0) is 17.8 Å². The zero-order valence-electron chi connectivity index (χ0n) is 13.4. The molecule has 1 fully saturated rings. The zero-order valence-corrected chi connectivity index (χ0v) is 13.4. The molecule has 2 N–H and O–H groups in total. The first-order valence-electron chi connectivity index (χ1n) is 8.54. The summed E-state index contributed by atoms with van der Waals surface area (Å²) >= 11 is 0. The molecule has 0 bridgehead atoms. The molecule has 0 spiro atoms. The van der Waals surface area contributed by atoms with Gasteiger partial charge in [0.15, 0.2) is 0 Å². The molecule has 5 heteroatoms. The van der Waals surface area contributed by atoms with Crippen LogP contribution in [0.2, 0.25) is 0 Å². The second-order valence-corrected chi connectivity index (χ2v) is 6.62. The van der Waals surface area contributed by atoms with Crippen molar-refractivity contribution < 1.29 is 14.8 Å². The molecule has 1 aliphatic carbocycles. The number of nitrogens with zero attached hydrogens (tertiary/aromatic N) is 1. The summed E-state index contributed by atoms with van der Waals surface area (Å²) in [4.78, 5) is 26.3. The van der Waals surface area contributed by atoms with Gasteiger partial charge in [-0.3, -0.25) is 14.8 Å². The molecule has 0 atom stereocenters. The second-order valence-electron chi connectivity index (χ2n) is 6.62. The van der Waals surface area contributed by atoms with E-state index in [1.54, 1.807) is 11.5 Å². The molecule has 1 aromatic rings. The maximum Gasteiger partial charge on any atom is 0.274 e. The predicted molar refractivity (Wildman–Crippen MR) is 86.0 cm³/mol. The Labute approximate surface area is 136 Å². The van der Waals surface area contributed by atoms with Crippen molar-refractivity contribution in [3.8, 4) is 0 Å². The van der Waals surface area contributed by atoms with E-state index in [0.29, 0.717) is 18.0 Å². The average Bonchev–Trinajstić information content (AvgIpc) is 2.82. The Morgan fingerprint density at radius 2 is 1.87 bits per heavy atom. The number of fused-ring (bicyclic) bond motifs is 1. The maximum atomic E-state index is 12.8.